The molecule has 3 N–H and O–H groups in total. The summed E-state index contributed by atoms with van der Waals surface area (Å²) in [6.45, 7) is -0.493. The summed E-state index contributed by atoms with van der Waals surface area (Å²) in [6, 6.07) is 5.79. The number of amides is 3. The van der Waals surface area contributed by atoms with E-state index in [2.05, 4.69) is 5.32 Å². The Hall–Kier alpha value is -3.28. The first-order valence-corrected chi connectivity index (χ1v) is 10.3. The average Bonchev–Trinajstić information content (AvgIpc) is 2.76. The van der Waals surface area contributed by atoms with E-state index < -0.39 is 65.8 Å². The minimum Gasteiger partial charge on any atom is -0.368 e. The van der Waals surface area contributed by atoms with Crippen molar-refractivity contribution in [3.05, 3.63) is 69.7 Å². The lowest BCUT2D eigenvalue weighted by molar-refractivity contribution is -0.143. The van der Waals surface area contributed by atoms with Crippen LogP contribution in [-0.4, -0.2) is 42.3 Å². The lowest BCUT2D eigenvalue weighted by atomic mass is 9.99. The molecule has 1 atom stereocenters. The molecule has 0 heterocycles. The second-order valence-corrected chi connectivity index (χ2v) is 8.08. The zero-order valence-corrected chi connectivity index (χ0v) is 18.9. The predicted octanol–water partition coefficient (Wildman–Crippen LogP) is 4.05. The third kappa shape index (κ3) is 8.16. The van der Waals surface area contributed by atoms with Gasteiger partial charge in [-0.05, 0) is 42.3 Å². The molecule has 0 bridgehead atoms. The van der Waals surface area contributed by atoms with Gasteiger partial charge in [-0.25, -0.2) is 0 Å². The number of nitrogens with two attached hydrogens (primary N) is 1. The number of primary amides is 1. The zero-order chi connectivity index (χ0) is 26.6. The average molecular weight is 524 g/mol. The number of rotatable bonds is 8. The Morgan fingerprint density at radius 3 is 1.94 bits per heavy atom. The fourth-order valence-corrected chi connectivity index (χ4v) is 3.28. The third-order valence-corrected chi connectivity index (χ3v) is 5.22. The highest BCUT2D eigenvalue weighted by Crippen LogP contribution is 2.36. The van der Waals surface area contributed by atoms with Crippen molar-refractivity contribution in [2.45, 2.75) is 31.2 Å². The molecule has 0 fully saturated rings. The van der Waals surface area contributed by atoms with Crippen molar-refractivity contribution in [3.8, 4) is 0 Å². The molecule has 0 saturated carbocycles. The van der Waals surface area contributed by atoms with E-state index in [-0.39, 0.29) is 12.5 Å². The molecule has 2 aromatic carbocycles. The number of likely N-dealkylation sites (N-methyl/N-ethyl adjacent to an activating group) is 1. The zero-order valence-electron chi connectivity index (χ0n) is 18.1. The van der Waals surface area contributed by atoms with E-state index >= 15 is 0 Å². The maximum absolute atomic E-state index is 13.2. The van der Waals surface area contributed by atoms with E-state index in [1.165, 1.54) is 12.1 Å². The summed E-state index contributed by atoms with van der Waals surface area (Å²) in [4.78, 5) is 37.1. The van der Waals surface area contributed by atoms with Crippen LogP contribution in [0.25, 0.3) is 0 Å². The van der Waals surface area contributed by atoms with E-state index in [0.717, 1.165) is 11.9 Å². The largest absolute Gasteiger partial charge is 0.416 e. The monoisotopic (exact) mass is 523 g/mol. The third-order valence-electron chi connectivity index (χ3n) is 4.97. The van der Waals surface area contributed by atoms with Gasteiger partial charge in [-0.2, -0.15) is 26.3 Å². The van der Waals surface area contributed by atoms with Gasteiger partial charge in [0.1, 0.15) is 0 Å². The Balaban J connectivity index is 2.42. The molecule has 190 valence electrons. The first kappa shape index (κ1) is 28.0. The molecule has 0 radical (unpaired) electrons. The lowest BCUT2D eigenvalue weighted by Crippen LogP contribution is -2.43. The van der Waals surface area contributed by atoms with Crippen LogP contribution in [0.3, 0.4) is 0 Å². The number of nitrogens with zero attached hydrogens (tertiary/aromatic N) is 1. The fraction of sp³-hybridized carbons (Fsp3) is 0.318. The smallest absolute Gasteiger partial charge is 0.368 e. The standard InChI is InChI=1S/C22H20ClF6N3O3/c1-32(20(35)13-7-14(21(24,25)26)9-15(8-13)22(27,28)29)17(10-19(34)31-11-18(30)33)6-12-2-4-16(23)5-3-12/h2-5,7-9,17H,6,10-11H2,1H3,(H2,30,33)(H,31,34). The van der Waals surface area contributed by atoms with Crippen molar-refractivity contribution < 1.29 is 40.7 Å². The van der Waals surface area contributed by atoms with Gasteiger partial charge < -0.3 is 16.0 Å². The first-order valence-electron chi connectivity index (χ1n) is 9.94. The molecule has 0 aromatic heterocycles. The Bertz CT molecular complexity index is 1060. The van der Waals surface area contributed by atoms with Crippen molar-refractivity contribution in [2.24, 2.45) is 5.73 Å². The van der Waals surface area contributed by atoms with E-state index in [0.29, 0.717) is 22.7 Å². The predicted molar refractivity (Wildman–Crippen MR) is 114 cm³/mol. The Morgan fingerprint density at radius 2 is 1.49 bits per heavy atom. The summed E-state index contributed by atoms with van der Waals surface area (Å²) in [6.07, 6.45) is -10.7. The van der Waals surface area contributed by atoms with Crippen molar-refractivity contribution in [1.29, 1.82) is 0 Å². The van der Waals surface area contributed by atoms with Crippen LogP contribution in [0.1, 0.15) is 33.5 Å². The van der Waals surface area contributed by atoms with Crippen molar-refractivity contribution in [3.63, 3.8) is 0 Å². The fourth-order valence-electron chi connectivity index (χ4n) is 3.16. The Morgan fingerprint density at radius 1 is 0.971 bits per heavy atom. The molecule has 0 aliphatic heterocycles. The van der Waals surface area contributed by atoms with E-state index in [1.54, 1.807) is 12.1 Å². The molecular formula is C22H20ClF6N3O3. The molecule has 3 amide bonds. The molecule has 0 aliphatic carbocycles. The van der Waals surface area contributed by atoms with Crippen LogP contribution in [0, 0.1) is 0 Å². The number of carbonyl (C=O) groups is 3. The molecule has 0 spiro atoms. The van der Waals surface area contributed by atoms with E-state index in [4.69, 9.17) is 17.3 Å². The SMILES string of the molecule is CN(C(=O)c1cc(C(F)(F)F)cc(C(F)(F)F)c1)C(CC(=O)NCC(N)=O)Cc1ccc(Cl)cc1. The maximum atomic E-state index is 13.2. The van der Waals surface area contributed by atoms with Crippen molar-refractivity contribution in [1.82, 2.24) is 10.2 Å². The molecule has 2 aromatic rings. The molecular weight excluding hydrogens is 504 g/mol. The van der Waals surface area contributed by atoms with Crippen molar-refractivity contribution in [2.75, 3.05) is 13.6 Å². The molecule has 0 saturated heterocycles. The number of benzene rings is 2. The van der Waals surface area contributed by atoms with Crippen LogP contribution in [0.5, 0.6) is 0 Å². The van der Waals surface area contributed by atoms with Gasteiger partial charge in [-0.15, -0.1) is 0 Å². The van der Waals surface area contributed by atoms with Crippen LogP contribution >= 0.6 is 11.6 Å². The minimum absolute atomic E-state index is 0.00842. The maximum Gasteiger partial charge on any atom is 0.416 e. The van der Waals surface area contributed by atoms with Gasteiger partial charge in [-0.1, -0.05) is 23.7 Å². The molecule has 35 heavy (non-hydrogen) atoms. The molecule has 13 heteroatoms. The van der Waals surface area contributed by atoms with Gasteiger partial charge >= 0.3 is 12.4 Å². The van der Waals surface area contributed by atoms with Crippen molar-refractivity contribution >= 4 is 29.3 Å². The van der Waals surface area contributed by atoms with Crippen LogP contribution in [0.2, 0.25) is 5.02 Å². The highest BCUT2D eigenvalue weighted by Gasteiger charge is 2.38. The van der Waals surface area contributed by atoms with Gasteiger partial charge in [-0.3, -0.25) is 14.4 Å². The van der Waals surface area contributed by atoms with Gasteiger partial charge in [0.05, 0.1) is 17.7 Å². The van der Waals surface area contributed by atoms with Crippen LogP contribution in [-0.2, 0) is 28.4 Å². The van der Waals surface area contributed by atoms with Gasteiger partial charge in [0.2, 0.25) is 11.8 Å². The molecule has 0 aliphatic rings. The Labute approximate surface area is 201 Å². The number of hydrogen-bond acceptors (Lipinski definition) is 3. The normalized spacial score (nSPS) is 12.7. The Kier molecular flexibility index (Phi) is 8.77. The first-order chi connectivity index (χ1) is 16.1. The van der Waals surface area contributed by atoms with Gasteiger partial charge in [0, 0.05) is 30.1 Å². The number of carbonyl (C=O) groups excluding carboxylic acids is 3. The number of alkyl halides is 6. The molecule has 2 rings (SSSR count). The van der Waals surface area contributed by atoms with E-state index in [1.807, 2.05) is 0 Å². The quantitative estimate of drug-likeness (QED) is 0.511. The summed E-state index contributed by atoms with van der Waals surface area (Å²) in [5, 5.41) is 2.63. The number of halogens is 7. The van der Waals surface area contributed by atoms with E-state index in [9.17, 15) is 40.7 Å². The number of nitrogens with one attached hydrogen (secondary N) is 1. The highest BCUT2D eigenvalue weighted by atomic mass is 35.5. The molecule has 6 nitrogen and oxygen atoms in total. The summed E-state index contributed by atoms with van der Waals surface area (Å²) in [7, 11) is 1.15. The summed E-state index contributed by atoms with van der Waals surface area (Å²) in [5.41, 5.74) is 1.43. The van der Waals surface area contributed by atoms with Crippen LogP contribution in [0.4, 0.5) is 26.3 Å². The summed E-state index contributed by atoms with van der Waals surface area (Å²) >= 11 is 5.84. The summed E-state index contributed by atoms with van der Waals surface area (Å²) in [5.74, 6) is -2.70. The number of hydrogen-bond donors (Lipinski definition) is 2. The second kappa shape index (κ2) is 11.0. The molecule has 1 unspecified atom stereocenters. The van der Waals surface area contributed by atoms with Gasteiger partial charge in [0.15, 0.2) is 0 Å². The van der Waals surface area contributed by atoms with Crippen LogP contribution < -0.4 is 11.1 Å². The second-order valence-electron chi connectivity index (χ2n) is 7.64. The topological polar surface area (TPSA) is 92.5 Å². The lowest BCUT2D eigenvalue weighted by Gasteiger charge is -2.29. The van der Waals surface area contributed by atoms with Crippen LogP contribution in [0.15, 0.2) is 42.5 Å². The minimum atomic E-state index is -5.13. The highest BCUT2D eigenvalue weighted by molar-refractivity contribution is 6.30. The van der Waals surface area contributed by atoms with Gasteiger partial charge in [0.25, 0.3) is 5.91 Å². The summed E-state index contributed by atoms with van der Waals surface area (Å²) < 4.78 is 79.2.